The molecule has 0 atom stereocenters. The zero-order valence-electron chi connectivity index (χ0n) is 9.06. The summed E-state index contributed by atoms with van der Waals surface area (Å²) in [4.78, 5) is 12.4. The first-order valence-electron chi connectivity index (χ1n) is 5.15. The lowest BCUT2D eigenvalue weighted by Gasteiger charge is -2.00. The van der Waals surface area contributed by atoms with E-state index >= 15 is 0 Å². The summed E-state index contributed by atoms with van der Waals surface area (Å²) in [6.07, 6.45) is 3.46. The molecule has 1 heterocycles. The molecule has 17 heavy (non-hydrogen) atoms. The van der Waals surface area contributed by atoms with E-state index in [1.807, 2.05) is 0 Å². The van der Waals surface area contributed by atoms with Crippen LogP contribution in [0.4, 0.5) is 4.39 Å². The third-order valence-electron chi connectivity index (χ3n) is 2.18. The molecule has 0 saturated carbocycles. The largest absolute Gasteiger partial charge is 0.472 e. The van der Waals surface area contributed by atoms with Gasteiger partial charge < -0.3 is 4.42 Å². The Morgan fingerprint density at radius 2 is 2.24 bits per heavy atom. The molecule has 0 amide bonds. The second-order valence-corrected chi connectivity index (χ2v) is 4.64. The molecule has 2 aromatic rings. The lowest BCUT2D eigenvalue weighted by molar-refractivity contribution is -0.116. The van der Waals surface area contributed by atoms with Gasteiger partial charge in [0.1, 0.15) is 11.6 Å². The Morgan fingerprint density at radius 3 is 2.94 bits per heavy atom. The van der Waals surface area contributed by atoms with Crippen molar-refractivity contribution in [1.29, 1.82) is 0 Å². The van der Waals surface area contributed by atoms with Gasteiger partial charge in [0.15, 0.2) is 0 Å². The van der Waals surface area contributed by atoms with E-state index in [0.717, 1.165) is 10.5 Å². The van der Waals surface area contributed by atoms with E-state index in [-0.39, 0.29) is 11.6 Å². The SMILES string of the molecule is O=C(CSc1cccc(F)c1)Cc1ccoc1. The van der Waals surface area contributed by atoms with E-state index in [9.17, 15) is 9.18 Å². The molecule has 1 aromatic carbocycles. The normalized spacial score (nSPS) is 10.4. The van der Waals surface area contributed by atoms with Gasteiger partial charge >= 0.3 is 0 Å². The lowest BCUT2D eigenvalue weighted by Crippen LogP contribution is -2.04. The number of carbonyl (C=O) groups excluding carboxylic acids is 1. The van der Waals surface area contributed by atoms with Crippen molar-refractivity contribution in [2.24, 2.45) is 0 Å². The summed E-state index contributed by atoms with van der Waals surface area (Å²) < 4.78 is 17.8. The van der Waals surface area contributed by atoms with E-state index in [0.29, 0.717) is 12.2 Å². The van der Waals surface area contributed by atoms with E-state index in [1.54, 1.807) is 30.7 Å². The molecule has 0 fully saturated rings. The third-order valence-corrected chi connectivity index (χ3v) is 3.23. The van der Waals surface area contributed by atoms with Crippen LogP contribution >= 0.6 is 11.8 Å². The zero-order valence-corrected chi connectivity index (χ0v) is 9.87. The monoisotopic (exact) mass is 250 g/mol. The van der Waals surface area contributed by atoms with Crippen molar-refractivity contribution >= 4 is 17.5 Å². The molecule has 2 nitrogen and oxygen atoms in total. The van der Waals surface area contributed by atoms with E-state index in [4.69, 9.17) is 4.42 Å². The molecule has 0 aliphatic heterocycles. The Hall–Kier alpha value is -1.55. The van der Waals surface area contributed by atoms with Crippen molar-refractivity contribution in [3.05, 3.63) is 54.2 Å². The van der Waals surface area contributed by atoms with Crippen LogP contribution in [0.1, 0.15) is 5.56 Å². The number of benzene rings is 1. The van der Waals surface area contributed by atoms with Crippen molar-refractivity contribution in [1.82, 2.24) is 0 Å². The van der Waals surface area contributed by atoms with Gasteiger partial charge in [0.2, 0.25) is 0 Å². The first-order chi connectivity index (χ1) is 8.24. The highest BCUT2D eigenvalue weighted by atomic mass is 32.2. The average Bonchev–Trinajstić information content (AvgIpc) is 2.79. The van der Waals surface area contributed by atoms with Gasteiger partial charge in [0, 0.05) is 11.3 Å². The van der Waals surface area contributed by atoms with Crippen LogP contribution < -0.4 is 0 Å². The fourth-order valence-electron chi connectivity index (χ4n) is 1.39. The summed E-state index contributed by atoms with van der Waals surface area (Å²) >= 11 is 1.34. The second-order valence-electron chi connectivity index (χ2n) is 3.59. The summed E-state index contributed by atoms with van der Waals surface area (Å²) in [5.41, 5.74) is 0.870. The van der Waals surface area contributed by atoms with Crippen LogP contribution in [-0.4, -0.2) is 11.5 Å². The molecule has 0 spiro atoms. The summed E-state index contributed by atoms with van der Waals surface area (Å²) in [5, 5.41) is 0. The molecule has 0 aliphatic rings. The highest BCUT2D eigenvalue weighted by molar-refractivity contribution is 8.00. The van der Waals surface area contributed by atoms with E-state index < -0.39 is 0 Å². The quantitative estimate of drug-likeness (QED) is 0.762. The van der Waals surface area contributed by atoms with Crippen LogP contribution in [0.2, 0.25) is 0 Å². The van der Waals surface area contributed by atoms with Gasteiger partial charge in [-0.2, -0.15) is 0 Å². The Bertz CT molecular complexity index is 494. The molecule has 1 aromatic heterocycles. The standard InChI is InChI=1S/C13H11FO2S/c14-11-2-1-3-13(7-11)17-9-12(15)6-10-4-5-16-8-10/h1-5,7-8H,6,9H2. The van der Waals surface area contributed by atoms with Gasteiger partial charge in [0.25, 0.3) is 0 Å². The van der Waals surface area contributed by atoms with Crippen LogP contribution in [0, 0.1) is 5.82 Å². The van der Waals surface area contributed by atoms with Crippen molar-refractivity contribution < 1.29 is 13.6 Å². The molecule has 2 rings (SSSR count). The van der Waals surface area contributed by atoms with Crippen molar-refractivity contribution in [3.63, 3.8) is 0 Å². The fraction of sp³-hybridized carbons (Fsp3) is 0.154. The van der Waals surface area contributed by atoms with Gasteiger partial charge in [-0.25, -0.2) is 4.39 Å². The predicted molar refractivity (Wildman–Crippen MR) is 64.5 cm³/mol. The molecule has 4 heteroatoms. The second kappa shape index (κ2) is 5.68. The number of hydrogen-bond donors (Lipinski definition) is 0. The van der Waals surface area contributed by atoms with Crippen molar-refractivity contribution in [3.8, 4) is 0 Å². The van der Waals surface area contributed by atoms with E-state index in [1.165, 1.54) is 23.9 Å². The first-order valence-corrected chi connectivity index (χ1v) is 6.14. The highest BCUT2D eigenvalue weighted by Crippen LogP contribution is 2.19. The maximum atomic E-state index is 12.9. The molecular formula is C13H11FO2S. The fourth-order valence-corrected chi connectivity index (χ4v) is 2.19. The number of ketones is 1. The molecule has 0 aliphatic carbocycles. The van der Waals surface area contributed by atoms with Crippen LogP contribution in [0.25, 0.3) is 0 Å². The topological polar surface area (TPSA) is 30.2 Å². The number of thioether (sulfide) groups is 1. The van der Waals surface area contributed by atoms with Crippen molar-refractivity contribution in [2.75, 3.05) is 5.75 Å². The van der Waals surface area contributed by atoms with Gasteiger partial charge in [-0.1, -0.05) is 6.07 Å². The number of halogens is 1. The summed E-state index contributed by atoms with van der Waals surface area (Å²) in [6, 6.07) is 8.01. The minimum atomic E-state index is -0.280. The Labute approximate surface area is 103 Å². The molecule has 0 radical (unpaired) electrons. The average molecular weight is 250 g/mol. The molecule has 0 saturated heterocycles. The minimum Gasteiger partial charge on any atom is -0.472 e. The van der Waals surface area contributed by atoms with Crippen LogP contribution in [0.15, 0.2) is 52.2 Å². The van der Waals surface area contributed by atoms with E-state index in [2.05, 4.69) is 0 Å². The lowest BCUT2D eigenvalue weighted by atomic mass is 10.2. The zero-order chi connectivity index (χ0) is 12.1. The molecule has 88 valence electrons. The maximum Gasteiger partial charge on any atom is 0.147 e. The van der Waals surface area contributed by atoms with Gasteiger partial charge in [-0.15, -0.1) is 11.8 Å². The summed E-state index contributed by atoms with van der Waals surface area (Å²) in [7, 11) is 0. The van der Waals surface area contributed by atoms with Crippen molar-refractivity contribution in [2.45, 2.75) is 11.3 Å². The summed E-state index contributed by atoms with van der Waals surface area (Å²) in [6.45, 7) is 0. The molecular weight excluding hydrogens is 239 g/mol. The highest BCUT2D eigenvalue weighted by Gasteiger charge is 2.06. The predicted octanol–water partition coefficient (Wildman–Crippen LogP) is 3.32. The number of hydrogen-bond acceptors (Lipinski definition) is 3. The first kappa shape index (κ1) is 11.9. The van der Waals surface area contributed by atoms with Gasteiger partial charge in [-0.05, 0) is 29.8 Å². The third kappa shape index (κ3) is 3.75. The molecule has 0 bridgehead atoms. The molecule has 0 unspecified atom stereocenters. The smallest absolute Gasteiger partial charge is 0.147 e. The van der Waals surface area contributed by atoms with Crippen LogP contribution in [0.5, 0.6) is 0 Å². The Morgan fingerprint density at radius 1 is 1.35 bits per heavy atom. The number of Topliss-reactive ketones (excluding diaryl/α,β-unsaturated/α-hetero) is 1. The Balaban J connectivity index is 1.84. The molecule has 0 N–H and O–H groups in total. The number of furan rings is 1. The van der Waals surface area contributed by atoms with Crippen LogP contribution in [-0.2, 0) is 11.2 Å². The maximum absolute atomic E-state index is 12.9. The van der Waals surface area contributed by atoms with Crippen LogP contribution in [0.3, 0.4) is 0 Å². The minimum absolute atomic E-state index is 0.0978. The summed E-state index contributed by atoms with van der Waals surface area (Å²) in [5.74, 6) is 0.159. The number of carbonyl (C=O) groups is 1. The van der Waals surface area contributed by atoms with Gasteiger partial charge in [-0.3, -0.25) is 4.79 Å². The van der Waals surface area contributed by atoms with Gasteiger partial charge in [0.05, 0.1) is 18.3 Å². The Kier molecular flexibility index (Phi) is 3.98. The number of rotatable bonds is 5.